The molecular formula is C17H37N3. The van der Waals surface area contributed by atoms with Crippen molar-refractivity contribution in [3.05, 3.63) is 0 Å². The lowest BCUT2D eigenvalue weighted by Gasteiger charge is -2.23. The maximum Gasteiger partial charge on any atom is 0.00670 e. The van der Waals surface area contributed by atoms with E-state index in [4.69, 9.17) is 0 Å². The third-order valence-electron chi connectivity index (χ3n) is 4.73. The van der Waals surface area contributed by atoms with Crippen LogP contribution in [0.5, 0.6) is 0 Å². The van der Waals surface area contributed by atoms with Gasteiger partial charge in [0.25, 0.3) is 0 Å². The summed E-state index contributed by atoms with van der Waals surface area (Å²) in [5, 5.41) is 3.72. The zero-order valence-corrected chi connectivity index (χ0v) is 14.2. The first-order valence-electron chi connectivity index (χ1n) is 8.98. The molecule has 120 valence electrons. The van der Waals surface area contributed by atoms with E-state index in [1.54, 1.807) is 0 Å². The fraction of sp³-hybridized carbons (Fsp3) is 1.00. The van der Waals surface area contributed by atoms with Crippen LogP contribution < -0.4 is 5.32 Å². The maximum absolute atomic E-state index is 3.72. The Balaban J connectivity index is 2.00. The Morgan fingerprint density at radius 1 is 0.800 bits per heavy atom. The summed E-state index contributed by atoms with van der Waals surface area (Å²) in [5.74, 6) is 0. The van der Waals surface area contributed by atoms with Gasteiger partial charge < -0.3 is 15.1 Å². The molecule has 0 heterocycles. The van der Waals surface area contributed by atoms with E-state index in [0.29, 0.717) is 0 Å². The average Bonchev–Trinajstić information content (AvgIpc) is 2.99. The summed E-state index contributed by atoms with van der Waals surface area (Å²) in [4.78, 5) is 5.13. The van der Waals surface area contributed by atoms with E-state index in [2.05, 4.69) is 35.9 Å². The number of rotatable bonds is 12. The summed E-state index contributed by atoms with van der Waals surface area (Å²) < 4.78 is 0. The molecule has 0 aromatic heterocycles. The normalized spacial score (nSPS) is 16.6. The second kappa shape index (κ2) is 11.5. The first-order chi connectivity index (χ1) is 9.80. The fourth-order valence-corrected chi connectivity index (χ4v) is 3.22. The molecular weight excluding hydrogens is 246 g/mol. The third kappa shape index (κ3) is 7.61. The van der Waals surface area contributed by atoms with Gasteiger partial charge in [-0.3, -0.25) is 0 Å². The van der Waals surface area contributed by atoms with Crippen molar-refractivity contribution in [1.29, 1.82) is 0 Å². The van der Waals surface area contributed by atoms with E-state index in [0.717, 1.165) is 6.04 Å². The van der Waals surface area contributed by atoms with E-state index >= 15 is 0 Å². The van der Waals surface area contributed by atoms with Crippen LogP contribution in [0.3, 0.4) is 0 Å². The zero-order valence-electron chi connectivity index (χ0n) is 14.2. The molecule has 0 aromatic rings. The van der Waals surface area contributed by atoms with Gasteiger partial charge in [-0.2, -0.15) is 0 Å². The second-order valence-corrected chi connectivity index (χ2v) is 6.10. The minimum Gasteiger partial charge on any atom is -0.314 e. The number of hydrogen-bond donors (Lipinski definition) is 1. The van der Waals surface area contributed by atoms with Gasteiger partial charge >= 0.3 is 0 Å². The predicted octanol–water partition coefficient (Wildman–Crippen LogP) is 2.96. The quantitative estimate of drug-likeness (QED) is 0.556. The molecule has 0 spiro atoms. The molecule has 1 aliphatic rings. The fourth-order valence-electron chi connectivity index (χ4n) is 3.22. The Morgan fingerprint density at radius 2 is 1.35 bits per heavy atom. The van der Waals surface area contributed by atoms with Gasteiger partial charge in [0.15, 0.2) is 0 Å². The smallest absolute Gasteiger partial charge is 0.00670 e. The molecule has 0 aliphatic heterocycles. The Labute approximate surface area is 127 Å². The molecule has 20 heavy (non-hydrogen) atoms. The van der Waals surface area contributed by atoms with Crippen LogP contribution in [0.25, 0.3) is 0 Å². The standard InChI is InChI=1S/C17H37N3/c1-4-19(5-2)15-10-16-20(6-3)14-9-13-18-17-11-7-8-12-17/h17-18H,4-16H2,1-3H3. The highest BCUT2D eigenvalue weighted by atomic mass is 15.1. The van der Waals surface area contributed by atoms with Crippen molar-refractivity contribution < 1.29 is 0 Å². The van der Waals surface area contributed by atoms with Crippen molar-refractivity contribution in [2.75, 3.05) is 45.8 Å². The summed E-state index contributed by atoms with van der Waals surface area (Å²) >= 11 is 0. The van der Waals surface area contributed by atoms with Gasteiger partial charge in [-0.05, 0) is 71.5 Å². The SMILES string of the molecule is CCN(CC)CCCN(CC)CCCNC1CCCC1. The maximum atomic E-state index is 3.72. The Kier molecular flexibility index (Phi) is 10.3. The van der Waals surface area contributed by atoms with Crippen LogP contribution in [-0.2, 0) is 0 Å². The van der Waals surface area contributed by atoms with Crippen LogP contribution in [-0.4, -0.2) is 61.7 Å². The highest BCUT2D eigenvalue weighted by molar-refractivity contribution is 4.73. The van der Waals surface area contributed by atoms with Gasteiger partial charge in [-0.25, -0.2) is 0 Å². The largest absolute Gasteiger partial charge is 0.314 e. The highest BCUT2D eigenvalue weighted by Gasteiger charge is 2.13. The Morgan fingerprint density at radius 3 is 1.95 bits per heavy atom. The minimum absolute atomic E-state index is 0.827. The van der Waals surface area contributed by atoms with Crippen molar-refractivity contribution in [1.82, 2.24) is 15.1 Å². The van der Waals surface area contributed by atoms with Crippen LogP contribution in [0, 0.1) is 0 Å². The lowest BCUT2D eigenvalue weighted by Crippen LogP contribution is -2.33. The first-order valence-corrected chi connectivity index (χ1v) is 8.98. The molecule has 1 N–H and O–H groups in total. The molecule has 0 bridgehead atoms. The molecule has 0 aromatic carbocycles. The molecule has 3 heteroatoms. The molecule has 0 unspecified atom stereocenters. The van der Waals surface area contributed by atoms with Crippen LogP contribution in [0.4, 0.5) is 0 Å². The molecule has 0 amide bonds. The minimum atomic E-state index is 0.827. The third-order valence-corrected chi connectivity index (χ3v) is 4.73. The van der Waals surface area contributed by atoms with E-state index in [1.165, 1.54) is 84.3 Å². The predicted molar refractivity (Wildman–Crippen MR) is 89.4 cm³/mol. The van der Waals surface area contributed by atoms with Crippen LogP contribution in [0.1, 0.15) is 59.3 Å². The summed E-state index contributed by atoms with van der Waals surface area (Å²) in [7, 11) is 0. The van der Waals surface area contributed by atoms with Crippen molar-refractivity contribution >= 4 is 0 Å². The summed E-state index contributed by atoms with van der Waals surface area (Å²) in [5.41, 5.74) is 0. The first kappa shape index (κ1) is 17.9. The van der Waals surface area contributed by atoms with Crippen molar-refractivity contribution in [3.8, 4) is 0 Å². The van der Waals surface area contributed by atoms with Gasteiger partial charge in [-0.1, -0.05) is 33.6 Å². The van der Waals surface area contributed by atoms with Gasteiger partial charge in [-0.15, -0.1) is 0 Å². The van der Waals surface area contributed by atoms with E-state index in [9.17, 15) is 0 Å². The molecule has 1 fully saturated rings. The number of hydrogen-bond acceptors (Lipinski definition) is 3. The van der Waals surface area contributed by atoms with Crippen LogP contribution >= 0.6 is 0 Å². The highest BCUT2D eigenvalue weighted by Crippen LogP contribution is 2.17. The van der Waals surface area contributed by atoms with Gasteiger partial charge in [0, 0.05) is 6.04 Å². The number of nitrogens with zero attached hydrogens (tertiary/aromatic N) is 2. The second-order valence-electron chi connectivity index (χ2n) is 6.10. The molecule has 0 saturated heterocycles. The topological polar surface area (TPSA) is 18.5 Å². The lowest BCUT2D eigenvalue weighted by molar-refractivity contribution is 0.240. The molecule has 0 radical (unpaired) electrons. The Bertz CT molecular complexity index is 210. The number of nitrogens with one attached hydrogen (secondary N) is 1. The molecule has 1 rings (SSSR count). The van der Waals surface area contributed by atoms with Crippen LogP contribution in [0.15, 0.2) is 0 Å². The van der Waals surface area contributed by atoms with E-state index < -0.39 is 0 Å². The van der Waals surface area contributed by atoms with Crippen molar-refractivity contribution in [2.24, 2.45) is 0 Å². The van der Waals surface area contributed by atoms with Crippen molar-refractivity contribution in [2.45, 2.75) is 65.3 Å². The van der Waals surface area contributed by atoms with Gasteiger partial charge in [0.2, 0.25) is 0 Å². The van der Waals surface area contributed by atoms with Crippen LogP contribution in [0.2, 0.25) is 0 Å². The van der Waals surface area contributed by atoms with E-state index in [-0.39, 0.29) is 0 Å². The van der Waals surface area contributed by atoms with Gasteiger partial charge in [0.1, 0.15) is 0 Å². The zero-order chi connectivity index (χ0) is 14.6. The van der Waals surface area contributed by atoms with Crippen molar-refractivity contribution in [3.63, 3.8) is 0 Å². The molecule has 1 aliphatic carbocycles. The monoisotopic (exact) mass is 283 g/mol. The molecule has 3 nitrogen and oxygen atoms in total. The Hall–Kier alpha value is -0.120. The van der Waals surface area contributed by atoms with Gasteiger partial charge in [0.05, 0.1) is 0 Å². The lowest BCUT2D eigenvalue weighted by atomic mass is 10.2. The summed E-state index contributed by atoms with van der Waals surface area (Å²) in [6.07, 6.45) is 8.29. The summed E-state index contributed by atoms with van der Waals surface area (Å²) in [6, 6.07) is 0.827. The average molecular weight is 284 g/mol. The molecule has 1 saturated carbocycles. The summed E-state index contributed by atoms with van der Waals surface area (Å²) in [6.45, 7) is 15.4. The van der Waals surface area contributed by atoms with E-state index in [1.807, 2.05) is 0 Å². The molecule has 0 atom stereocenters.